The maximum absolute atomic E-state index is 12.9. The van der Waals surface area contributed by atoms with Crippen LogP contribution < -0.4 is 4.72 Å². The highest BCUT2D eigenvalue weighted by Crippen LogP contribution is 2.18. The minimum Gasteiger partial charge on any atom is -0.278 e. The van der Waals surface area contributed by atoms with E-state index >= 15 is 0 Å². The third-order valence-corrected chi connectivity index (χ3v) is 3.88. The fourth-order valence-electron chi connectivity index (χ4n) is 1.54. The highest BCUT2D eigenvalue weighted by molar-refractivity contribution is 7.92. The number of pyridine rings is 1. The molecular formula is C12H11FN2O2S. The molecule has 1 heterocycles. The molecule has 4 nitrogen and oxygen atoms in total. The summed E-state index contributed by atoms with van der Waals surface area (Å²) in [6.07, 6.45) is 2.25. The topological polar surface area (TPSA) is 59.1 Å². The molecular weight excluding hydrogens is 255 g/mol. The van der Waals surface area contributed by atoms with Gasteiger partial charge in [-0.1, -0.05) is 18.2 Å². The van der Waals surface area contributed by atoms with E-state index in [1.54, 1.807) is 25.1 Å². The first-order valence-corrected chi connectivity index (χ1v) is 6.66. The summed E-state index contributed by atoms with van der Waals surface area (Å²) in [6, 6.07) is 7.63. The summed E-state index contributed by atoms with van der Waals surface area (Å²) in [4.78, 5) is 3.74. The van der Waals surface area contributed by atoms with Crippen LogP contribution in [0.5, 0.6) is 0 Å². The van der Waals surface area contributed by atoms with Gasteiger partial charge < -0.3 is 0 Å². The highest BCUT2D eigenvalue weighted by Gasteiger charge is 2.16. The van der Waals surface area contributed by atoms with Gasteiger partial charge in [0.05, 0.1) is 23.0 Å². The van der Waals surface area contributed by atoms with Gasteiger partial charge in [-0.3, -0.25) is 9.71 Å². The van der Waals surface area contributed by atoms with Gasteiger partial charge >= 0.3 is 0 Å². The van der Waals surface area contributed by atoms with Gasteiger partial charge in [-0.05, 0) is 18.6 Å². The van der Waals surface area contributed by atoms with E-state index in [1.807, 2.05) is 0 Å². The van der Waals surface area contributed by atoms with Crippen molar-refractivity contribution in [3.05, 3.63) is 54.1 Å². The Morgan fingerprint density at radius 3 is 2.61 bits per heavy atom. The van der Waals surface area contributed by atoms with Crippen LogP contribution in [-0.2, 0) is 10.0 Å². The number of nitrogens with one attached hydrogen (secondary N) is 1. The summed E-state index contributed by atoms with van der Waals surface area (Å²) in [5.74, 6) is -0.597. The molecule has 0 aliphatic heterocycles. The summed E-state index contributed by atoms with van der Waals surface area (Å²) >= 11 is 0. The third kappa shape index (κ3) is 2.65. The second-order valence-electron chi connectivity index (χ2n) is 3.76. The SMILES string of the molecule is Cc1ccccc1S(=O)(=O)Nc1cncc(F)c1. The highest BCUT2D eigenvalue weighted by atomic mass is 32.2. The van der Waals surface area contributed by atoms with Gasteiger partial charge in [0.15, 0.2) is 0 Å². The van der Waals surface area contributed by atoms with Crippen molar-refractivity contribution in [2.75, 3.05) is 4.72 Å². The third-order valence-electron chi connectivity index (χ3n) is 2.34. The van der Waals surface area contributed by atoms with Crippen molar-refractivity contribution >= 4 is 15.7 Å². The molecule has 94 valence electrons. The predicted octanol–water partition coefficient (Wildman–Crippen LogP) is 2.33. The second kappa shape index (κ2) is 4.73. The Labute approximate surface area is 105 Å². The van der Waals surface area contributed by atoms with Gasteiger partial charge in [0.25, 0.3) is 10.0 Å². The second-order valence-corrected chi connectivity index (χ2v) is 5.41. The van der Waals surface area contributed by atoms with Gasteiger partial charge in [0.2, 0.25) is 0 Å². The van der Waals surface area contributed by atoms with Crippen molar-refractivity contribution in [1.82, 2.24) is 4.98 Å². The number of benzene rings is 1. The molecule has 1 aromatic heterocycles. The van der Waals surface area contributed by atoms with E-state index in [9.17, 15) is 12.8 Å². The van der Waals surface area contributed by atoms with Crippen molar-refractivity contribution < 1.29 is 12.8 Å². The van der Waals surface area contributed by atoms with Gasteiger partial charge in [-0.15, -0.1) is 0 Å². The number of anilines is 1. The van der Waals surface area contributed by atoms with Crippen molar-refractivity contribution in [2.45, 2.75) is 11.8 Å². The molecule has 6 heteroatoms. The molecule has 0 amide bonds. The molecule has 0 aliphatic rings. The Morgan fingerprint density at radius 2 is 1.94 bits per heavy atom. The van der Waals surface area contributed by atoms with Crippen LogP contribution in [0.15, 0.2) is 47.6 Å². The lowest BCUT2D eigenvalue weighted by Crippen LogP contribution is -2.14. The zero-order valence-electron chi connectivity index (χ0n) is 9.59. The number of hydrogen-bond donors (Lipinski definition) is 1. The quantitative estimate of drug-likeness (QED) is 0.927. The predicted molar refractivity (Wildman–Crippen MR) is 66.2 cm³/mol. The first kappa shape index (κ1) is 12.5. The Morgan fingerprint density at radius 1 is 1.22 bits per heavy atom. The molecule has 0 spiro atoms. The van der Waals surface area contributed by atoms with E-state index in [0.29, 0.717) is 5.56 Å². The van der Waals surface area contributed by atoms with Crippen molar-refractivity contribution in [2.24, 2.45) is 0 Å². The molecule has 0 saturated heterocycles. The van der Waals surface area contributed by atoms with E-state index in [1.165, 1.54) is 12.3 Å². The molecule has 2 aromatic rings. The number of aryl methyl sites for hydroxylation is 1. The van der Waals surface area contributed by atoms with Crippen LogP contribution in [0.3, 0.4) is 0 Å². The van der Waals surface area contributed by atoms with Gasteiger partial charge in [0, 0.05) is 6.07 Å². The number of halogens is 1. The van der Waals surface area contributed by atoms with Crippen LogP contribution in [0.4, 0.5) is 10.1 Å². The normalized spacial score (nSPS) is 11.2. The van der Waals surface area contributed by atoms with Crippen LogP contribution >= 0.6 is 0 Å². The van der Waals surface area contributed by atoms with Crippen LogP contribution in [0, 0.1) is 12.7 Å². The standard InChI is InChI=1S/C12H11FN2O2S/c1-9-4-2-3-5-12(9)18(16,17)15-11-6-10(13)7-14-8-11/h2-8,15H,1H3. The number of rotatable bonds is 3. The van der Waals surface area contributed by atoms with Crippen LogP contribution in [0.2, 0.25) is 0 Å². The van der Waals surface area contributed by atoms with Crippen molar-refractivity contribution in [1.29, 1.82) is 0 Å². The summed E-state index contributed by atoms with van der Waals surface area (Å²) in [6.45, 7) is 1.69. The van der Waals surface area contributed by atoms with Crippen molar-refractivity contribution in [3.63, 3.8) is 0 Å². The molecule has 2 rings (SSSR count). The first-order chi connectivity index (χ1) is 8.49. The average molecular weight is 266 g/mol. The fraction of sp³-hybridized carbons (Fsp3) is 0.0833. The lowest BCUT2D eigenvalue weighted by Gasteiger charge is -2.09. The largest absolute Gasteiger partial charge is 0.278 e. The minimum absolute atomic E-state index is 0.0956. The maximum Gasteiger partial charge on any atom is 0.262 e. The Kier molecular flexibility index (Phi) is 3.29. The number of hydrogen-bond acceptors (Lipinski definition) is 3. The van der Waals surface area contributed by atoms with E-state index in [4.69, 9.17) is 0 Å². The Bertz CT molecular complexity index is 671. The molecule has 0 unspecified atom stereocenters. The van der Waals surface area contributed by atoms with Gasteiger partial charge in [0.1, 0.15) is 5.82 Å². The molecule has 1 N–H and O–H groups in total. The zero-order valence-corrected chi connectivity index (χ0v) is 10.4. The average Bonchev–Trinajstić information content (AvgIpc) is 2.28. The molecule has 0 atom stereocenters. The monoisotopic (exact) mass is 266 g/mol. The zero-order chi connectivity index (χ0) is 13.2. The van der Waals surface area contributed by atoms with Crippen LogP contribution in [0.1, 0.15) is 5.56 Å². The van der Waals surface area contributed by atoms with Crippen LogP contribution in [0.25, 0.3) is 0 Å². The minimum atomic E-state index is -3.72. The Balaban J connectivity index is 2.37. The molecule has 0 saturated carbocycles. The van der Waals surface area contributed by atoms with E-state index < -0.39 is 15.8 Å². The van der Waals surface area contributed by atoms with E-state index in [-0.39, 0.29) is 10.6 Å². The molecule has 0 aliphatic carbocycles. The maximum atomic E-state index is 12.9. The molecule has 0 bridgehead atoms. The summed E-state index contributed by atoms with van der Waals surface area (Å²) < 4.78 is 39.4. The molecule has 0 radical (unpaired) electrons. The summed E-state index contributed by atoms with van der Waals surface area (Å²) in [5.41, 5.74) is 0.715. The number of sulfonamides is 1. The summed E-state index contributed by atoms with van der Waals surface area (Å²) in [7, 11) is -3.72. The van der Waals surface area contributed by atoms with E-state index in [2.05, 4.69) is 9.71 Å². The lowest BCUT2D eigenvalue weighted by atomic mass is 10.2. The van der Waals surface area contributed by atoms with Gasteiger partial charge in [-0.25, -0.2) is 12.8 Å². The Hall–Kier alpha value is -1.95. The molecule has 0 fully saturated rings. The smallest absolute Gasteiger partial charge is 0.262 e. The molecule has 1 aromatic carbocycles. The lowest BCUT2D eigenvalue weighted by molar-refractivity contribution is 0.600. The summed E-state index contributed by atoms with van der Waals surface area (Å²) in [5, 5.41) is 0. The number of aromatic nitrogens is 1. The number of nitrogens with zero attached hydrogens (tertiary/aromatic N) is 1. The fourth-order valence-corrected chi connectivity index (χ4v) is 2.82. The first-order valence-electron chi connectivity index (χ1n) is 5.18. The van der Waals surface area contributed by atoms with Gasteiger partial charge in [-0.2, -0.15) is 0 Å². The van der Waals surface area contributed by atoms with E-state index in [0.717, 1.165) is 12.3 Å². The van der Waals surface area contributed by atoms with Crippen LogP contribution in [-0.4, -0.2) is 13.4 Å². The van der Waals surface area contributed by atoms with Crippen molar-refractivity contribution in [3.8, 4) is 0 Å². The molecule has 18 heavy (non-hydrogen) atoms.